The SMILES string of the molecule is C=C[C@@H]1C[C@]1(NC(=O)[C@@H]1C[C@@H](Oc2cc(-c3ccccc3)nc3cc(OC)ccc23)CN1C(=O)[C@H](CCO[Si](C)(C)C(C)(C)C)NC(=O)OC(C)(C)C)C(=O)N[S+]([O-])c1ccccc1. The number of pyridine rings is 1. The second kappa shape index (κ2) is 19.4. The number of carbonyl (C=O) groups excluding carboxylic acids is 4. The van der Waals surface area contributed by atoms with E-state index in [-0.39, 0.29) is 37.5 Å². The molecule has 0 bridgehead atoms. The molecule has 342 valence electrons. The number of nitrogens with one attached hydrogen (secondary N) is 3. The number of ether oxygens (including phenoxy) is 3. The summed E-state index contributed by atoms with van der Waals surface area (Å²) in [6.45, 7) is 19.7. The highest BCUT2D eigenvalue weighted by Gasteiger charge is 2.62. The minimum Gasteiger partial charge on any atom is -0.588 e. The first kappa shape index (κ1) is 48.0. The Kier molecular flexibility index (Phi) is 14.5. The van der Waals surface area contributed by atoms with Crippen LogP contribution in [0.25, 0.3) is 22.2 Å². The van der Waals surface area contributed by atoms with Crippen molar-refractivity contribution in [2.45, 2.75) is 113 Å². The number of amides is 4. The van der Waals surface area contributed by atoms with Gasteiger partial charge in [-0.05, 0) is 76.0 Å². The molecule has 1 unspecified atom stereocenters. The van der Waals surface area contributed by atoms with Gasteiger partial charge in [-0.3, -0.25) is 14.4 Å². The second-order valence-electron chi connectivity index (χ2n) is 18.9. The lowest BCUT2D eigenvalue weighted by atomic mass is 10.1. The molecule has 16 heteroatoms. The number of rotatable bonds is 16. The van der Waals surface area contributed by atoms with Crippen LogP contribution >= 0.6 is 0 Å². The van der Waals surface area contributed by atoms with Crippen molar-refractivity contribution in [1.82, 2.24) is 25.2 Å². The van der Waals surface area contributed by atoms with E-state index in [1.165, 1.54) is 4.90 Å². The van der Waals surface area contributed by atoms with E-state index in [1.807, 2.05) is 48.5 Å². The summed E-state index contributed by atoms with van der Waals surface area (Å²) in [5, 5.41) is 6.28. The van der Waals surface area contributed by atoms with Gasteiger partial charge >= 0.3 is 6.09 Å². The van der Waals surface area contributed by atoms with Crippen LogP contribution in [0, 0.1) is 5.92 Å². The zero-order chi connectivity index (χ0) is 46.6. The van der Waals surface area contributed by atoms with Gasteiger partial charge in [0.1, 0.15) is 52.2 Å². The fourth-order valence-electron chi connectivity index (χ4n) is 7.38. The molecule has 3 aromatic carbocycles. The number of hydrogen-bond donors (Lipinski definition) is 3. The molecule has 6 atom stereocenters. The average molecular weight is 912 g/mol. The van der Waals surface area contributed by atoms with Crippen molar-refractivity contribution >= 4 is 54.4 Å². The Labute approximate surface area is 380 Å². The van der Waals surface area contributed by atoms with Gasteiger partial charge in [-0.15, -0.1) is 6.58 Å². The minimum atomic E-state index is -2.27. The van der Waals surface area contributed by atoms with Gasteiger partial charge < -0.3 is 38.7 Å². The number of carbonyl (C=O) groups is 4. The predicted octanol–water partition coefficient (Wildman–Crippen LogP) is 7.46. The lowest BCUT2D eigenvalue weighted by Crippen LogP contribution is -2.58. The van der Waals surface area contributed by atoms with E-state index in [2.05, 4.69) is 55.8 Å². The van der Waals surface area contributed by atoms with Crippen LogP contribution in [-0.2, 0) is 34.9 Å². The van der Waals surface area contributed by atoms with Crippen LogP contribution in [0.3, 0.4) is 0 Å². The Morgan fingerprint density at radius 2 is 1.67 bits per heavy atom. The molecule has 1 saturated carbocycles. The number of methoxy groups -OCH3 is 1. The molecule has 4 aromatic rings. The van der Waals surface area contributed by atoms with Gasteiger partial charge in [0.25, 0.3) is 5.91 Å². The van der Waals surface area contributed by atoms with Crippen molar-refractivity contribution in [3.8, 4) is 22.8 Å². The Morgan fingerprint density at radius 3 is 2.28 bits per heavy atom. The molecule has 0 radical (unpaired) electrons. The Balaban J connectivity index is 1.34. The summed E-state index contributed by atoms with van der Waals surface area (Å²) < 4.78 is 40.2. The molecular formula is C48H61N5O9SSi. The van der Waals surface area contributed by atoms with E-state index in [0.29, 0.717) is 33.0 Å². The normalized spacial score (nSPS) is 20.7. The van der Waals surface area contributed by atoms with Crippen LogP contribution in [0.2, 0.25) is 18.1 Å². The fourth-order valence-corrected chi connectivity index (χ4v) is 9.32. The number of benzene rings is 3. The Bertz CT molecular complexity index is 2340. The van der Waals surface area contributed by atoms with Crippen molar-refractivity contribution in [3.05, 3.63) is 97.6 Å². The number of fused-ring (bicyclic) bond motifs is 1. The molecule has 6 rings (SSSR count). The predicted molar refractivity (Wildman–Crippen MR) is 249 cm³/mol. The maximum absolute atomic E-state index is 15.0. The zero-order valence-corrected chi connectivity index (χ0v) is 40.0. The third kappa shape index (κ3) is 11.3. The van der Waals surface area contributed by atoms with Gasteiger partial charge in [-0.2, -0.15) is 4.72 Å². The smallest absolute Gasteiger partial charge is 0.408 e. The molecule has 1 aliphatic carbocycles. The molecular weight excluding hydrogens is 851 g/mol. The number of hydrogen-bond acceptors (Lipinski definition) is 10. The lowest BCUT2D eigenvalue weighted by molar-refractivity contribution is -0.141. The molecule has 2 fully saturated rings. The first-order valence-corrected chi connectivity index (χ1v) is 25.6. The second-order valence-corrected chi connectivity index (χ2v) is 24.9. The maximum Gasteiger partial charge on any atom is 0.408 e. The third-order valence-corrected chi connectivity index (χ3v) is 17.7. The quantitative estimate of drug-likeness (QED) is 0.0580. The minimum absolute atomic E-state index is 0.0320. The molecule has 14 nitrogen and oxygen atoms in total. The number of likely N-dealkylation sites (tertiary alicyclic amines) is 1. The first-order chi connectivity index (χ1) is 30.1. The van der Waals surface area contributed by atoms with E-state index in [1.54, 1.807) is 70.4 Å². The van der Waals surface area contributed by atoms with Gasteiger partial charge in [0.2, 0.25) is 11.8 Å². The topological polar surface area (TPSA) is 180 Å². The Morgan fingerprint density at radius 1 is 1.00 bits per heavy atom. The van der Waals surface area contributed by atoms with Crippen LogP contribution in [0.4, 0.5) is 4.79 Å². The van der Waals surface area contributed by atoms with Crippen molar-refractivity contribution in [1.29, 1.82) is 0 Å². The summed E-state index contributed by atoms with van der Waals surface area (Å²) >= 11 is -1.91. The molecule has 4 amide bonds. The average Bonchev–Trinajstić information content (AvgIpc) is 3.80. The van der Waals surface area contributed by atoms with Crippen LogP contribution in [-0.4, -0.2) is 96.2 Å². The van der Waals surface area contributed by atoms with Gasteiger partial charge in [0.05, 0.1) is 24.9 Å². The van der Waals surface area contributed by atoms with Crippen molar-refractivity contribution in [2.75, 3.05) is 20.3 Å². The summed E-state index contributed by atoms with van der Waals surface area (Å²) in [5.41, 5.74) is -0.209. The summed E-state index contributed by atoms with van der Waals surface area (Å²) in [4.78, 5) is 63.7. The van der Waals surface area contributed by atoms with Gasteiger partial charge in [-0.1, -0.05) is 75.4 Å². The molecule has 1 aliphatic heterocycles. The number of aromatic nitrogens is 1. The van der Waals surface area contributed by atoms with E-state index in [4.69, 9.17) is 23.6 Å². The first-order valence-electron chi connectivity index (χ1n) is 21.5. The number of alkyl carbamates (subject to hydrolysis) is 1. The highest BCUT2D eigenvalue weighted by atomic mass is 32.2. The summed E-state index contributed by atoms with van der Waals surface area (Å²) in [6, 6.07) is 23.1. The van der Waals surface area contributed by atoms with E-state index < -0.39 is 78.7 Å². The number of nitrogens with zero attached hydrogens (tertiary/aromatic N) is 2. The molecule has 2 aliphatic rings. The molecule has 1 aromatic heterocycles. The van der Waals surface area contributed by atoms with E-state index in [9.17, 15) is 23.7 Å². The van der Waals surface area contributed by atoms with E-state index in [0.717, 1.165) is 5.56 Å². The van der Waals surface area contributed by atoms with Crippen molar-refractivity contribution < 1.29 is 42.4 Å². The zero-order valence-electron chi connectivity index (χ0n) is 38.2. The van der Waals surface area contributed by atoms with Gasteiger partial charge in [0.15, 0.2) is 13.2 Å². The molecule has 1 saturated heterocycles. The molecule has 0 spiro atoms. The van der Waals surface area contributed by atoms with Crippen molar-refractivity contribution in [3.63, 3.8) is 0 Å². The van der Waals surface area contributed by atoms with Crippen LogP contribution in [0.1, 0.15) is 60.8 Å². The van der Waals surface area contributed by atoms with Crippen LogP contribution in [0.15, 0.2) is 102 Å². The highest BCUT2D eigenvalue weighted by molar-refractivity contribution is 7.90. The third-order valence-electron chi connectivity index (χ3n) is 12.0. The monoisotopic (exact) mass is 911 g/mol. The largest absolute Gasteiger partial charge is 0.588 e. The molecule has 3 N–H and O–H groups in total. The summed E-state index contributed by atoms with van der Waals surface area (Å²) in [7, 11) is -0.690. The van der Waals surface area contributed by atoms with Crippen molar-refractivity contribution in [2.24, 2.45) is 5.92 Å². The van der Waals surface area contributed by atoms with E-state index >= 15 is 0 Å². The standard InChI is InChI=1S/C48H61N5O9SSi/c1-11-32-29-48(32,44(56)52-63(58)35-20-16-13-17-21-35)51-42(54)40-27-34(61-41-28-38(31-18-14-12-15-19-31)49-39-26-33(59-8)22-23-36(39)41)30-53(40)43(55)37(50-45(57)62-46(2,3)4)24-25-60-64(9,10)47(5,6)7/h11-23,26,28,32,34,37,40H,1,24-25,27,29-30H2,2-10H3,(H,50,57)(H,51,54)(H,52,56)/t32-,34-,37+,40+,48-,63?/m1/s1. The van der Waals surface area contributed by atoms with Crippen LogP contribution < -0.4 is 24.8 Å². The lowest BCUT2D eigenvalue weighted by Gasteiger charge is -2.37. The van der Waals surface area contributed by atoms with Gasteiger partial charge in [0, 0.05) is 42.0 Å². The molecule has 2 heterocycles. The molecule has 64 heavy (non-hydrogen) atoms. The maximum atomic E-state index is 15.0. The fraction of sp³-hybridized carbons (Fsp3) is 0.438. The van der Waals surface area contributed by atoms with Crippen LogP contribution in [0.5, 0.6) is 11.5 Å². The van der Waals surface area contributed by atoms with Gasteiger partial charge in [-0.25, -0.2) is 9.78 Å². The summed E-state index contributed by atoms with van der Waals surface area (Å²) in [6.07, 6.45) is 0.381. The summed E-state index contributed by atoms with van der Waals surface area (Å²) in [5.74, 6) is -1.19. The Hall–Kier alpha value is -5.42. The highest BCUT2D eigenvalue weighted by Crippen LogP contribution is 2.45.